The Hall–Kier alpha value is -2.44. The van der Waals surface area contributed by atoms with E-state index in [1.165, 1.54) is 83.5 Å². The van der Waals surface area contributed by atoms with Crippen molar-refractivity contribution in [3.05, 3.63) is 60.8 Å². The molecule has 48 heavy (non-hydrogen) atoms. The summed E-state index contributed by atoms with van der Waals surface area (Å²) in [7, 11) is 0. The molecule has 0 amide bonds. The molecule has 0 aliphatic rings. The van der Waals surface area contributed by atoms with E-state index in [1.807, 2.05) is 36.5 Å². The van der Waals surface area contributed by atoms with E-state index in [1.54, 1.807) is 6.08 Å². The Morgan fingerprint density at radius 1 is 0.542 bits per heavy atom. The first-order valence-corrected chi connectivity index (χ1v) is 19.4. The van der Waals surface area contributed by atoms with E-state index in [2.05, 4.69) is 32.1 Å². The minimum absolute atomic E-state index is 0.149. The Labute approximate surface area is 294 Å². The van der Waals surface area contributed by atoms with Crippen molar-refractivity contribution in [3.63, 3.8) is 0 Å². The molecule has 0 aliphatic carbocycles. The molecule has 1 unspecified atom stereocenters. The van der Waals surface area contributed by atoms with Gasteiger partial charge in [-0.2, -0.15) is 0 Å². The molecule has 0 heterocycles. The van der Waals surface area contributed by atoms with Gasteiger partial charge >= 0.3 is 11.9 Å². The number of ether oxygens (including phenoxy) is 2. The summed E-state index contributed by atoms with van der Waals surface area (Å²) in [5.41, 5.74) is 0. The number of aliphatic hydroxyl groups is 2. The largest absolute Gasteiger partial charge is 0.463 e. The van der Waals surface area contributed by atoms with Gasteiger partial charge in [-0.3, -0.25) is 9.59 Å². The number of allylic oxidation sites excluding steroid dienone is 8. The van der Waals surface area contributed by atoms with Gasteiger partial charge in [-0.25, -0.2) is 0 Å². The third-order valence-corrected chi connectivity index (χ3v) is 8.10. The van der Waals surface area contributed by atoms with Crippen molar-refractivity contribution >= 4 is 11.9 Å². The van der Waals surface area contributed by atoms with Crippen molar-refractivity contribution in [3.8, 4) is 0 Å². The minimum Gasteiger partial charge on any atom is -0.463 e. The van der Waals surface area contributed by atoms with Gasteiger partial charge in [0.2, 0.25) is 0 Å². The standard InChI is InChI=1S/C42H72O6/c1-3-5-7-9-11-12-13-14-15-16-17-18-19-23-27-31-35-41(45)47-37-40(44)38-48-42(46)36-32-28-24-21-20-22-26-30-34-39(43)33-29-25-10-8-6-4-2/h6,8,21-22,24-26,29-30,34,39-40,43-44H,3-5,7,9-20,23,27-28,31-33,35-38H2,1-2H3/b8-6-,24-21-,26-22-,29-25-,34-30+/t39?,40-/m1/s1. The smallest absolute Gasteiger partial charge is 0.305 e. The molecule has 0 radical (unpaired) electrons. The summed E-state index contributed by atoms with van der Waals surface area (Å²) in [6.07, 6.45) is 44.5. The summed E-state index contributed by atoms with van der Waals surface area (Å²) in [5.74, 6) is -0.669. The SMILES string of the molecule is CC/C=C\C/C=C\CC(O)/C=C/C=C\C/C=C\CCCC(=O)OC[C@H](O)COC(=O)CCCCCCCCCCCCCCCCCC. The molecule has 0 bridgehead atoms. The first-order chi connectivity index (χ1) is 23.5. The lowest BCUT2D eigenvalue weighted by molar-refractivity contribution is -0.152. The molecule has 276 valence electrons. The maximum absolute atomic E-state index is 12.0. The van der Waals surface area contributed by atoms with E-state index in [9.17, 15) is 19.8 Å². The zero-order valence-electron chi connectivity index (χ0n) is 30.8. The predicted octanol–water partition coefficient (Wildman–Crippen LogP) is 11.0. The number of rotatable bonds is 34. The monoisotopic (exact) mass is 673 g/mol. The van der Waals surface area contributed by atoms with Gasteiger partial charge in [0.15, 0.2) is 0 Å². The molecule has 0 fully saturated rings. The summed E-state index contributed by atoms with van der Waals surface area (Å²) in [4.78, 5) is 23.9. The van der Waals surface area contributed by atoms with E-state index < -0.39 is 12.2 Å². The average molecular weight is 673 g/mol. The average Bonchev–Trinajstić information content (AvgIpc) is 3.08. The maximum atomic E-state index is 12.0. The highest BCUT2D eigenvalue weighted by Gasteiger charge is 2.12. The van der Waals surface area contributed by atoms with E-state index in [0.717, 1.165) is 44.9 Å². The van der Waals surface area contributed by atoms with Crippen molar-refractivity contribution in [1.82, 2.24) is 0 Å². The molecule has 2 N–H and O–H groups in total. The summed E-state index contributed by atoms with van der Waals surface area (Å²) < 4.78 is 10.3. The van der Waals surface area contributed by atoms with Gasteiger partial charge in [0, 0.05) is 12.8 Å². The third kappa shape index (κ3) is 36.4. The van der Waals surface area contributed by atoms with Crippen LogP contribution in [-0.4, -0.2) is 47.6 Å². The Morgan fingerprint density at radius 2 is 1.02 bits per heavy atom. The molecule has 6 nitrogen and oxygen atoms in total. The van der Waals surface area contributed by atoms with Gasteiger partial charge in [0.25, 0.3) is 0 Å². The van der Waals surface area contributed by atoms with Gasteiger partial charge in [-0.1, -0.05) is 171 Å². The Bertz CT molecular complexity index is 871. The predicted molar refractivity (Wildman–Crippen MR) is 202 cm³/mol. The number of unbranched alkanes of at least 4 members (excludes halogenated alkanes) is 16. The van der Waals surface area contributed by atoms with Crippen molar-refractivity contribution in [2.45, 2.75) is 180 Å². The molecule has 0 aromatic heterocycles. The molecule has 0 aliphatic heterocycles. The Kier molecular flexibility index (Phi) is 35.5. The van der Waals surface area contributed by atoms with Crippen LogP contribution in [0.5, 0.6) is 0 Å². The molecule has 2 atom stereocenters. The van der Waals surface area contributed by atoms with Crippen molar-refractivity contribution in [2.75, 3.05) is 13.2 Å². The van der Waals surface area contributed by atoms with E-state index in [4.69, 9.17) is 9.47 Å². The van der Waals surface area contributed by atoms with Crippen LogP contribution in [0.1, 0.15) is 168 Å². The van der Waals surface area contributed by atoms with Crippen LogP contribution in [0.2, 0.25) is 0 Å². The van der Waals surface area contributed by atoms with Crippen LogP contribution in [0.3, 0.4) is 0 Å². The van der Waals surface area contributed by atoms with Crippen LogP contribution >= 0.6 is 0 Å². The Balaban J connectivity index is 3.60. The number of carbonyl (C=O) groups excluding carboxylic acids is 2. The molecule has 0 saturated carbocycles. The van der Waals surface area contributed by atoms with E-state index in [0.29, 0.717) is 19.3 Å². The summed E-state index contributed by atoms with van der Waals surface area (Å²) >= 11 is 0. The number of esters is 2. The molecule has 0 aromatic carbocycles. The molecule has 0 spiro atoms. The maximum Gasteiger partial charge on any atom is 0.305 e. The second-order valence-electron chi connectivity index (χ2n) is 12.9. The molecule has 6 heteroatoms. The quantitative estimate of drug-likeness (QED) is 0.0306. The highest BCUT2D eigenvalue weighted by molar-refractivity contribution is 5.69. The first kappa shape index (κ1) is 45.6. The van der Waals surface area contributed by atoms with Gasteiger partial charge in [-0.05, 0) is 44.9 Å². The van der Waals surface area contributed by atoms with E-state index in [-0.39, 0.29) is 31.6 Å². The van der Waals surface area contributed by atoms with Crippen molar-refractivity contribution in [2.24, 2.45) is 0 Å². The molecular weight excluding hydrogens is 600 g/mol. The number of hydrogen-bond donors (Lipinski definition) is 2. The molecule has 0 aromatic rings. The van der Waals surface area contributed by atoms with Crippen LogP contribution < -0.4 is 0 Å². The second-order valence-corrected chi connectivity index (χ2v) is 12.9. The second kappa shape index (κ2) is 37.4. The van der Waals surface area contributed by atoms with Crippen molar-refractivity contribution < 1.29 is 29.3 Å². The summed E-state index contributed by atoms with van der Waals surface area (Å²) in [6.45, 7) is 4.06. The number of hydrogen-bond acceptors (Lipinski definition) is 6. The lowest BCUT2D eigenvalue weighted by Crippen LogP contribution is -2.25. The lowest BCUT2D eigenvalue weighted by Gasteiger charge is -2.12. The van der Waals surface area contributed by atoms with Crippen LogP contribution in [-0.2, 0) is 19.1 Å². The fourth-order valence-corrected chi connectivity index (χ4v) is 5.15. The number of carbonyl (C=O) groups is 2. The zero-order chi connectivity index (χ0) is 35.2. The highest BCUT2D eigenvalue weighted by atomic mass is 16.6. The lowest BCUT2D eigenvalue weighted by atomic mass is 10.0. The van der Waals surface area contributed by atoms with Crippen molar-refractivity contribution in [1.29, 1.82) is 0 Å². The van der Waals surface area contributed by atoms with Gasteiger partial charge in [-0.15, -0.1) is 0 Å². The molecule has 0 saturated heterocycles. The topological polar surface area (TPSA) is 93.1 Å². The zero-order valence-corrected chi connectivity index (χ0v) is 30.8. The highest BCUT2D eigenvalue weighted by Crippen LogP contribution is 2.14. The third-order valence-electron chi connectivity index (χ3n) is 8.10. The van der Waals surface area contributed by atoms with Crippen LogP contribution in [0.25, 0.3) is 0 Å². The van der Waals surface area contributed by atoms with Gasteiger partial charge < -0.3 is 19.7 Å². The summed E-state index contributed by atoms with van der Waals surface area (Å²) in [5, 5.41) is 19.9. The molecular formula is C42H72O6. The van der Waals surface area contributed by atoms with Crippen LogP contribution in [0.15, 0.2) is 60.8 Å². The molecule has 0 rings (SSSR count). The van der Waals surface area contributed by atoms with Gasteiger partial charge in [0.1, 0.15) is 19.3 Å². The van der Waals surface area contributed by atoms with Crippen LogP contribution in [0.4, 0.5) is 0 Å². The van der Waals surface area contributed by atoms with Crippen LogP contribution in [0, 0.1) is 0 Å². The normalized spacial score (nSPS) is 13.5. The van der Waals surface area contributed by atoms with E-state index >= 15 is 0 Å². The Morgan fingerprint density at radius 3 is 1.58 bits per heavy atom. The first-order valence-electron chi connectivity index (χ1n) is 19.4. The minimum atomic E-state index is -1.00. The summed E-state index contributed by atoms with van der Waals surface area (Å²) in [6, 6.07) is 0. The fraction of sp³-hybridized carbons (Fsp3) is 0.714. The number of aliphatic hydroxyl groups excluding tert-OH is 2. The fourth-order valence-electron chi connectivity index (χ4n) is 5.15. The van der Waals surface area contributed by atoms with Gasteiger partial charge in [0.05, 0.1) is 6.10 Å².